The molecular formula is C39H36FN7O3. The molecule has 0 aliphatic carbocycles. The number of aromatic hydroxyl groups is 1. The summed E-state index contributed by atoms with van der Waals surface area (Å²) in [5, 5.41) is 16.2. The Kier molecular flexibility index (Phi) is 6.70. The normalized spacial score (nSPS) is 26.8. The molecule has 10 nitrogen and oxygen atoms in total. The van der Waals surface area contributed by atoms with Gasteiger partial charge in [0.05, 0.1) is 17.5 Å². The van der Waals surface area contributed by atoms with Crippen LogP contribution in [0.4, 0.5) is 10.2 Å². The number of hydrogen-bond acceptors (Lipinski definition) is 10. The molecule has 11 heteroatoms. The zero-order valence-electron chi connectivity index (χ0n) is 27.5. The van der Waals surface area contributed by atoms with Crippen LogP contribution < -0.4 is 19.7 Å². The van der Waals surface area contributed by atoms with Gasteiger partial charge in [-0.2, -0.15) is 9.97 Å². The minimum absolute atomic E-state index is 0.00651. The van der Waals surface area contributed by atoms with Gasteiger partial charge in [-0.3, -0.25) is 9.88 Å². The monoisotopic (exact) mass is 669 g/mol. The van der Waals surface area contributed by atoms with E-state index >= 15 is 4.39 Å². The van der Waals surface area contributed by atoms with Gasteiger partial charge in [0.2, 0.25) is 5.88 Å². The van der Waals surface area contributed by atoms with E-state index in [2.05, 4.69) is 37.1 Å². The number of rotatable bonds is 5. The average molecular weight is 670 g/mol. The van der Waals surface area contributed by atoms with Crippen LogP contribution in [0.5, 0.6) is 17.6 Å². The molecule has 5 aliphatic heterocycles. The molecule has 3 aromatic heterocycles. The molecule has 5 atom stereocenters. The minimum atomic E-state index is -0.610. The number of benzene rings is 2. The van der Waals surface area contributed by atoms with E-state index in [0.29, 0.717) is 64.3 Å². The molecule has 5 aliphatic rings. The molecular weight excluding hydrogens is 633 g/mol. The molecule has 0 amide bonds. The SMILES string of the molecule is C#Cc1cccc2cc(O)cc(-c3ncc4c(N5C[C@H]6CC[C@@H](C5)N6)nc(OC[C@@]56CCCN5[C@@H]5c7cccnc7OC[C@@H]5C6)nc4c3F)c12. The highest BCUT2D eigenvalue weighted by molar-refractivity contribution is 6.02. The maximum Gasteiger partial charge on any atom is 0.319 e. The predicted molar refractivity (Wildman–Crippen MR) is 187 cm³/mol. The third kappa shape index (κ3) is 4.55. The number of halogens is 1. The Morgan fingerprint density at radius 2 is 2.00 bits per heavy atom. The highest BCUT2D eigenvalue weighted by atomic mass is 19.1. The second-order valence-corrected chi connectivity index (χ2v) is 14.5. The number of hydrogen-bond donors (Lipinski definition) is 2. The van der Waals surface area contributed by atoms with Gasteiger partial charge in [-0.25, -0.2) is 9.37 Å². The maximum atomic E-state index is 17.0. The lowest BCUT2D eigenvalue weighted by Gasteiger charge is -2.36. The summed E-state index contributed by atoms with van der Waals surface area (Å²) in [6, 6.07) is 13.8. The van der Waals surface area contributed by atoms with Gasteiger partial charge in [0, 0.05) is 71.6 Å². The first-order valence-electron chi connectivity index (χ1n) is 17.6. The van der Waals surface area contributed by atoms with Crippen molar-refractivity contribution in [2.75, 3.05) is 37.7 Å². The Morgan fingerprint density at radius 3 is 2.86 bits per heavy atom. The minimum Gasteiger partial charge on any atom is -0.508 e. The van der Waals surface area contributed by atoms with Crippen molar-refractivity contribution in [2.24, 2.45) is 5.92 Å². The molecule has 10 rings (SSSR count). The lowest BCUT2D eigenvalue weighted by Crippen LogP contribution is -2.51. The molecule has 0 radical (unpaired) electrons. The van der Waals surface area contributed by atoms with Gasteiger partial charge in [-0.05, 0) is 68.3 Å². The predicted octanol–water partition coefficient (Wildman–Crippen LogP) is 5.37. The quantitative estimate of drug-likeness (QED) is 0.237. The van der Waals surface area contributed by atoms with Crippen LogP contribution in [-0.2, 0) is 0 Å². The Balaban J connectivity index is 1.07. The second kappa shape index (κ2) is 11.2. The van der Waals surface area contributed by atoms with Crippen LogP contribution >= 0.6 is 0 Å². The molecule has 0 unspecified atom stereocenters. The van der Waals surface area contributed by atoms with Crippen LogP contribution in [0.2, 0.25) is 0 Å². The van der Waals surface area contributed by atoms with E-state index in [1.807, 2.05) is 18.2 Å². The van der Waals surface area contributed by atoms with Crippen molar-refractivity contribution in [3.63, 3.8) is 0 Å². The molecule has 2 aromatic carbocycles. The smallest absolute Gasteiger partial charge is 0.319 e. The first-order valence-corrected chi connectivity index (χ1v) is 17.6. The van der Waals surface area contributed by atoms with Crippen molar-refractivity contribution in [2.45, 2.75) is 55.8 Å². The summed E-state index contributed by atoms with van der Waals surface area (Å²) < 4.78 is 29.7. The number of phenolic OH excluding ortho intramolecular Hbond substituents is 1. The summed E-state index contributed by atoms with van der Waals surface area (Å²) >= 11 is 0. The van der Waals surface area contributed by atoms with Gasteiger partial charge in [0.25, 0.3) is 0 Å². The van der Waals surface area contributed by atoms with Crippen molar-refractivity contribution in [1.29, 1.82) is 0 Å². The molecule has 252 valence electrons. The van der Waals surface area contributed by atoms with Crippen molar-refractivity contribution >= 4 is 27.5 Å². The Hall–Kier alpha value is -5.05. The molecule has 2 bridgehead atoms. The summed E-state index contributed by atoms with van der Waals surface area (Å²) in [7, 11) is 0. The fourth-order valence-electron chi connectivity index (χ4n) is 9.59. The second-order valence-electron chi connectivity index (χ2n) is 14.5. The van der Waals surface area contributed by atoms with Crippen molar-refractivity contribution < 1.29 is 19.0 Å². The Morgan fingerprint density at radius 1 is 1.12 bits per heavy atom. The Bertz CT molecular complexity index is 2230. The van der Waals surface area contributed by atoms with E-state index in [1.165, 1.54) is 6.07 Å². The van der Waals surface area contributed by atoms with Crippen molar-refractivity contribution in [3.8, 4) is 41.2 Å². The molecule has 50 heavy (non-hydrogen) atoms. The highest BCUT2D eigenvalue weighted by Crippen LogP contribution is 2.55. The molecule has 4 saturated heterocycles. The number of anilines is 1. The molecule has 8 heterocycles. The molecule has 0 saturated carbocycles. The number of phenols is 1. The van der Waals surface area contributed by atoms with E-state index in [1.54, 1.807) is 24.5 Å². The van der Waals surface area contributed by atoms with Gasteiger partial charge in [-0.15, -0.1) is 6.42 Å². The standard InChI is InChI=1S/C39H36FN7O3/c1-2-22-6-3-7-23-14-27(48)15-29(31(22)23)33-32(40)34-30(17-42-33)36(46-18-25-9-10-26(19-46)43-25)45-38(44-34)50-21-39-11-5-13-47(39)35-24(16-39)20-49-37-28(35)8-4-12-41-37/h1,3-4,6-8,12,14-15,17,24-26,35,43,48H,5,9-11,13,16,18-21H2/t24-,25-,26+,35-,39-/m0/s1. The van der Waals surface area contributed by atoms with Crippen molar-refractivity contribution in [3.05, 3.63) is 71.8 Å². The zero-order chi connectivity index (χ0) is 33.6. The topological polar surface area (TPSA) is 109 Å². The Labute approximate surface area is 288 Å². The highest BCUT2D eigenvalue weighted by Gasteiger charge is 2.57. The van der Waals surface area contributed by atoms with Gasteiger partial charge >= 0.3 is 6.01 Å². The number of piperazine rings is 1. The van der Waals surface area contributed by atoms with E-state index in [9.17, 15) is 5.11 Å². The fraction of sp³-hybridized carbons (Fsp3) is 0.385. The fourth-order valence-corrected chi connectivity index (χ4v) is 9.59. The van der Waals surface area contributed by atoms with Crippen LogP contribution in [0.3, 0.4) is 0 Å². The maximum absolute atomic E-state index is 17.0. The largest absolute Gasteiger partial charge is 0.508 e. The van der Waals surface area contributed by atoms with Gasteiger partial charge in [0.15, 0.2) is 5.82 Å². The first kappa shape index (κ1) is 29.8. The summed E-state index contributed by atoms with van der Waals surface area (Å²) in [6.07, 6.45) is 14.5. The number of nitrogens with zero attached hydrogens (tertiary/aromatic N) is 6. The van der Waals surface area contributed by atoms with E-state index < -0.39 is 5.82 Å². The number of fused-ring (bicyclic) bond motifs is 9. The number of ether oxygens (including phenoxy) is 2. The molecule has 0 spiro atoms. The molecule has 2 N–H and O–H groups in total. The van der Waals surface area contributed by atoms with E-state index in [0.717, 1.165) is 63.2 Å². The zero-order valence-corrected chi connectivity index (χ0v) is 27.5. The lowest BCUT2D eigenvalue weighted by molar-refractivity contribution is 0.0772. The van der Waals surface area contributed by atoms with Crippen LogP contribution in [0.25, 0.3) is 32.9 Å². The summed E-state index contributed by atoms with van der Waals surface area (Å²) in [5.74, 6) is 3.77. The van der Waals surface area contributed by atoms with Crippen LogP contribution in [0.1, 0.15) is 49.3 Å². The third-order valence-electron chi connectivity index (χ3n) is 11.6. The molecule has 4 fully saturated rings. The van der Waals surface area contributed by atoms with E-state index in [4.69, 9.17) is 25.9 Å². The molecule has 5 aromatic rings. The van der Waals surface area contributed by atoms with Crippen LogP contribution in [-0.4, -0.2) is 80.4 Å². The van der Waals surface area contributed by atoms with Gasteiger partial charge < -0.3 is 24.8 Å². The summed E-state index contributed by atoms with van der Waals surface area (Å²) in [6.45, 7) is 3.48. The van der Waals surface area contributed by atoms with E-state index in [-0.39, 0.29) is 34.6 Å². The average Bonchev–Trinajstić information content (AvgIpc) is 3.80. The number of terminal acetylenes is 1. The number of pyridine rings is 2. The first-order chi connectivity index (χ1) is 24.5. The van der Waals surface area contributed by atoms with Gasteiger partial charge in [0.1, 0.15) is 29.4 Å². The summed E-state index contributed by atoms with van der Waals surface area (Å²) in [5.41, 5.74) is 2.11. The number of aromatic nitrogens is 4. The number of nitrogens with one attached hydrogen (secondary N) is 1. The third-order valence-corrected chi connectivity index (χ3v) is 11.6. The van der Waals surface area contributed by atoms with Crippen LogP contribution in [0, 0.1) is 24.1 Å². The lowest BCUT2D eigenvalue weighted by atomic mass is 9.87. The summed E-state index contributed by atoms with van der Waals surface area (Å²) in [4.78, 5) is 23.7. The van der Waals surface area contributed by atoms with Crippen molar-refractivity contribution in [1.82, 2.24) is 30.2 Å². The van der Waals surface area contributed by atoms with Gasteiger partial charge in [-0.1, -0.05) is 24.1 Å². The van der Waals surface area contributed by atoms with Crippen LogP contribution in [0.15, 0.2) is 54.9 Å².